The molecule has 0 aromatic carbocycles. The van der Waals surface area contributed by atoms with Gasteiger partial charge in [0, 0.05) is 0 Å². The molecule has 0 fully saturated rings. The second kappa shape index (κ2) is 2.21. The van der Waals surface area contributed by atoms with E-state index in [4.69, 9.17) is 23.1 Å². The molecule has 2 heterocycles. The summed E-state index contributed by atoms with van der Waals surface area (Å²) in [5.41, 5.74) is 11.7. The lowest BCUT2D eigenvalue weighted by Crippen LogP contribution is -1.99. The molecule has 0 radical (unpaired) electrons. The summed E-state index contributed by atoms with van der Waals surface area (Å²) < 4.78 is 0. The first-order chi connectivity index (χ1) is 5.66. The number of aromatic nitrogens is 4. The summed E-state index contributed by atoms with van der Waals surface area (Å²) in [6.45, 7) is 0. The number of aromatic amines is 1. The van der Waals surface area contributed by atoms with Gasteiger partial charge in [0.2, 0.25) is 11.2 Å². The number of hydrogen-bond donors (Lipinski definition) is 3. The second-order valence-corrected chi connectivity index (χ2v) is 2.55. The van der Waals surface area contributed by atoms with Crippen LogP contribution in [0, 0.1) is 0 Å². The van der Waals surface area contributed by atoms with E-state index in [0.29, 0.717) is 11.2 Å². The van der Waals surface area contributed by atoms with Gasteiger partial charge in [0.25, 0.3) is 0 Å². The van der Waals surface area contributed by atoms with Crippen LogP contribution >= 0.6 is 11.6 Å². The Balaban J connectivity index is 2.88. The molecule has 0 saturated heterocycles. The van der Waals surface area contributed by atoms with Gasteiger partial charge in [0.05, 0.1) is 0 Å². The number of rotatable bonds is 0. The molecule has 5 N–H and O–H groups in total. The van der Waals surface area contributed by atoms with Crippen LogP contribution in [0.1, 0.15) is 0 Å². The smallest absolute Gasteiger partial charge is 0.224 e. The average Bonchev–Trinajstić information content (AvgIpc) is 2.29. The van der Waals surface area contributed by atoms with Gasteiger partial charge in [-0.15, -0.1) is 0 Å². The zero-order chi connectivity index (χ0) is 8.72. The molecule has 0 unspecified atom stereocenters. The molecule has 0 saturated carbocycles. The van der Waals surface area contributed by atoms with Crippen LogP contribution in [-0.2, 0) is 0 Å². The molecule has 2 aromatic rings. The van der Waals surface area contributed by atoms with Gasteiger partial charge in [-0.2, -0.15) is 15.0 Å². The predicted octanol–water partition coefficient (Wildman–Crippen LogP) is 0.171. The lowest BCUT2D eigenvalue weighted by atomic mass is 10.5. The third-order valence-electron chi connectivity index (χ3n) is 1.37. The van der Waals surface area contributed by atoms with Crippen molar-refractivity contribution in [3.8, 4) is 0 Å². The van der Waals surface area contributed by atoms with Crippen LogP contribution < -0.4 is 11.5 Å². The van der Waals surface area contributed by atoms with Crippen LogP contribution in [0.2, 0.25) is 5.28 Å². The highest BCUT2D eigenvalue weighted by atomic mass is 35.5. The number of fused-ring (bicyclic) bond motifs is 1. The van der Waals surface area contributed by atoms with Gasteiger partial charge in [-0.25, -0.2) is 0 Å². The number of nitrogens with zero attached hydrogens (tertiary/aromatic N) is 3. The molecule has 0 amide bonds. The maximum absolute atomic E-state index is 5.58. The standard InChI is InChI=1S/C5H5ClN6/c6-4-9-1-2(7)10-5(8)12-3(1)11-4/h(H5,7,8,9,10,11,12). The summed E-state index contributed by atoms with van der Waals surface area (Å²) in [6, 6.07) is 0. The van der Waals surface area contributed by atoms with Crippen LogP contribution in [0.15, 0.2) is 0 Å². The van der Waals surface area contributed by atoms with Gasteiger partial charge in [-0.05, 0) is 11.6 Å². The highest BCUT2D eigenvalue weighted by molar-refractivity contribution is 6.29. The molecular weight excluding hydrogens is 180 g/mol. The van der Waals surface area contributed by atoms with Gasteiger partial charge in [0.15, 0.2) is 11.5 Å². The van der Waals surface area contributed by atoms with Crippen molar-refractivity contribution >= 4 is 34.5 Å². The molecular formula is C5H5ClN6. The molecule has 0 aliphatic rings. The molecule has 0 aliphatic carbocycles. The van der Waals surface area contributed by atoms with Crippen molar-refractivity contribution in [2.45, 2.75) is 0 Å². The van der Waals surface area contributed by atoms with Crippen molar-refractivity contribution in [1.82, 2.24) is 19.9 Å². The number of nitrogen functional groups attached to an aromatic ring is 2. The van der Waals surface area contributed by atoms with E-state index in [-0.39, 0.29) is 17.0 Å². The fraction of sp³-hybridized carbons (Fsp3) is 0. The number of halogens is 1. The van der Waals surface area contributed by atoms with E-state index >= 15 is 0 Å². The Morgan fingerprint density at radius 1 is 1.17 bits per heavy atom. The van der Waals surface area contributed by atoms with Crippen LogP contribution in [-0.4, -0.2) is 19.9 Å². The van der Waals surface area contributed by atoms with E-state index in [1.54, 1.807) is 0 Å². The highest BCUT2D eigenvalue weighted by Gasteiger charge is 2.07. The molecule has 0 bridgehead atoms. The van der Waals surface area contributed by atoms with E-state index in [1.807, 2.05) is 0 Å². The topological polar surface area (TPSA) is 106 Å². The Morgan fingerprint density at radius 2 is 1.92 bits per heavy atom. The summed E-state index contributed by atoms with van der Waals surface area (Å²) >= 11 is 5.58. The quantitative estimate of drug-likeness (QED) is 0.506. The van der Waals surface area contributed by atoms with Crippen LogP contribution in [0.25, 0.3) is 11.2 Å². The number of nitrogens with two attached hydrogens (primary N) is 2. The largest absolute Gasteiger partial charge is 0.382 e. The monoisotopic (exact) mass is 184 g/mol. The summed E-state index contributed by atoms with van der Waals surface area (Å²) in [5.74, 6) is 0.333. The van der Waals surface area contributed by atoms with Gasteiger partial charge < -0.3 is 16.5 Å². The fourth-order valence-electron chi connectivity index (χ4n) is 0.908. The van der Waals surface area contributed by atoms with E-state index < -0.39 is 0 Å². The van der Waals surface area contributed by atoms with E-state index in [0.717, 1.165) is 0 Å². The van der Waals surface area contributed by atoms with Crippen LogP contribution in [0.4, 0.5) is 11.8 Å². The van der Waals surface area contributed by atoms with Crippen molar-refractivity contribution in [3.63, 3.8) is 0 Å². The third kappa shape index (κ3) is 0.928. The first-order valence-electron chi connectivity index (χ1n) is 3.11. The van der Waals surface area contributed by atoms with Crippen molar-refractivity contribution in [1.29, 1.82) is 0 Å². The van der Waals surface area contributed by atoms with E-state index in [2.05, 4.69) is 19.9 Å². The second-order valence-electron chi connectivity index (χ2n) is 2.19. The number of nitrogens with one attached hydrogen (secondary N) is 1. The molecule has 12 heavy (non-hydrogen) atoms. The SMILES string of the molecule is Nc1nc(N)c2[nH]c(Cl)nc2n1. The van der Waals surface area contributed by atoms with Crippen LogP contribution in [0.3, 0.4) is 0 Å². The molecule has 2 aromatic heterocycles. The van der Waals surface area contributed by atoms with Crippen molar-refractivity contribution in [2.24, 2.45) is 0 Å². The highest BCUT2D eigenvalue weighted by Crippen LogP contribution is 2.17. The van der Waals surface area contributed by atoms with E-state index in [1.165, 1.54) is 0 Å². The van der Waals surface area contributed by atoms with Gasteiger partial charge in [-0.3, -0.25) is 0 Å². The van der Waals surface area contributed by atoms with Gasteiger partial charge >= 0.3 is 0 Å². The van der Waals surface area contributed by atoms with Crippen molar-refractivity contribution in [3.05, 3.63) is 5.28 Å². The molecule has 0 aliphatic heterocycles. The Morgan fingerprint density at radius 3 is 2.67 bits per heavy atom. The fourth-order valence-corrected chi connectivity index (χ4v) is 1.08. The third-order valence-corrected chi connectivity index (χ3v) is 1.55. The van der Waals surface area contributed by atoms with Gasteiger partial charge in [0.1, 0.15) is 5.52 Å². The summed E-state index contributed by atoms with van der Waals surface area (Å²) in [5, 5.41) is 0.219. The van der Waals surface area contributed by atoms with Crippen molar-refractivity contribution < 1.29 is 0 Å². The Bertz CT molecular complexity index is 435. The lowest BCUT2D eigenvalue weighted by molar-refractivity contribution is 1.22. The Hall–Kier alpha value is -1.56. The summed E-state index contributed by atoms with van der Waals surface area (Å²) in [4.78, 5) is 14.1. The number of H-pyrrole nitrogens is 1. The molecule has 62 valence electrons. The van der Waals surface area contributed by atoms with Crippen molar-refractivity contribution in [2.75, 3.05) is 11.5 Å². The minimum atomic E-state index is 0.0863. The zero-order valence-corrected chi connectivity index (χ0v) is 6.63. The molecule has 6 nitrogen and oxygen atoms in total. The minimum Gasteiger partial charge on any atom is -0.382 e. The Labute approximate surface area is 72.0 Å². The lowest BCUT2D eigenvalue weighted by Gasteiger charge is -1.94. The number of anilines is 2. The van der Waals surface area contributed by atoms with Gasteiger partial charge in [-0.1, -0.05) is 0 Å². The van der Waals surface area contributed by atoms with Crippen LogP contribution in [0.5, 0.6) is 0 Å². The molecule has 2 rings (SSSR count). The molecule has 7 heteroatoms. The first-order valence-corrected chi connectivity index (χ1v) is 3.49. The molecule has 0 spiro atoms. The average molecular weight is 185 g/mol. The zero-order valence-electron chi connectivity index (χ0n) is 5.87. The number of hydrogen-bond acceptors (Lipinski definition) is 5. The predicted molar refractivity (Wildman–Crippen MR) is 45.5 cm³/mol. The normalized spacial score (nSPS) is 10.8. The summed E-state index contributed by atoms with van der Waals surface area (Å²) in [7, 11) is 0. The maximum atomic E-state index is 5.58. The molecule has 0 atom stereocenters. The first kappa shape index (κ1) is 7.11. The summed E-state index contributed by atoms with van der Waals surface area (Å²) in [6.07, 6.45) is 0. The Kier molecular flexibility index (Phi) is 1.31. The van der Waals surface area contributed by atoms with E-state index in [9.17, 15) is 0 Å². The number of imidazole rings is 1. The maximum Gasteiger partial charge on any atom is 0.224 e. The minimum absolute atomic E-state index is 0.0863.